The third kappa shape index (κ3) is 1.56. The third-order valence-corrected chi connectivity index (χ3v) is 2.65. The molecule has 1 fully saturated rings. The Labute approximate surface area is 76.8 Å². The van der Waals surface area contributed by atoms with E-state index in [1.165, 1.54) is 0 Å². The summed E-state index contributed by atoms with van der Waals surface area (Å²) in [6.07, 6.45) is 3.66. The molecule has 1 N–H and O–H groups in total. The average Bonchev–Trinajstić information content (AvgIpc) is 2.49. The number of aryl methyl sites for hydroxylation is 1. The lowest BCUT2D eigenvalue weighted by Crippen LogP contribution is -2.41. The summed E-state index contributed by atoms with van der Waals surface area (Å²) in [5.74, 6) is 0.848. The van der Waals surface area contributed by atoms with E-state index in [4.69, 9.17) is 0 Å². The van der Waals surface area contributed by atoms with E-state index in [0.717, 1.165) is 31.5 Å². The SMILES string of the molecule is CCc1nnnn1CC1(O)CCC1. The van der Waals surface area contributed by atoms with Crippen molar-refractivity contribution in [3.8, 4) is 0 Å². The fourth-order valence-electron chi connectivity index (χ4n) is 1.62. The fourth-order valence-corrected chi connectivity index (χ4v) is 1.62. The lowest BCUT2D eigenvalue weighted by molar-refractivity contribution is -0.0507. The highest BCUT2D eigenvalue weighted by molar-refractivity contribution is 4.90. The Morgan fingerprint density at radius 3 is 2.85 bits per heavy atom. The van der Waals surface area contributed by atoms with Crippen LogP contribution in [0.5, 0.6) is 0 Å². The first-order valence-corrected chi connectivity index (χ1v) is 4.71. The zero-order chi connectivity index (χ0) is 9.31. The van der Waals surface area contributed by atoms with Gasteiger partial charge in [0, 0.05) is 6.42 Å². The highest BCUT2D eigenvalue weighted by atomic mass is 16.3. The third-order valence-electron chi connectivity index (χ3n) is 2.65. The molecule has 0 radical (unpaired) electrons. The second-order valence-corrected chi connectivity index (χ2v) is 3.68. The van der Waals surface area contributed by atoms with E-state index < -0.39 is 5.60 Å². The number of nitrogens with zero attached hydrogens (tertiary/aromatic N) is 4. The van der Waals surface area contributed by atoms with Crippen LogP contribution in [-0.2, 0) is 13.0 Å². The summed E-state index contributed by atoms with van der Waals surface area (Å²) in [6.45, 7) is 2.55. The summed E-state index contributed by atoms with van der Waals surface area (Å²) in [6, 6.07) is 0. The van der Waals surface area contributed by atoms with Gasteiger partial charge in [-0.1, -0.05) is 6.92 Å². The van der Waals surface area contributed by atoms with Crippen molar-refractivity contribution in [3.63, 3.8) is 0 Å². The number of rotatable bonds is 3. The Morgan fingerprint density at radius 2 is 2.31 bits per heavy atom. The van der Waals surface area contributed by atoms with Crippen LogP contribution in [0.25, 0.3) is 0 Å². The van der Waals surface area contributed by atoms with Crippen LogP contribution in [0.3, 0.4) is 0 Å². The van der Waals surface area contributed by atoms with Gasteiger partial charge in [-0.3, -0.25) is 0 Å². The van der Waals surface area contributed by atoms with Gasteiger partial charge in [0.25, 0.3) is 0 Å². The molecule has 1 aromatic rings. The van der Waals surface area contributed by atoms with Crippen LogP contribution in [0.15, 0.2) is 0 Å². The Kier molecular flexibility index (Phi) is 2.03. The van der Waals surface area contributed by atoms with E-state index in [1.54, 1.807) is 4.68 Å². The smallest absolute Gasteiger partial charge is 0.151 e. The number of aromatic nitrogens is 4. The minimum Gasteiger partial charge on any atom is -0.388 e. The Balaban J connectivity index is 2.08. The van der Waals surface area contributed by atoms with Gasteiger partial charge in [-0.05, 0) is 29.7 Å². The Bertz CT molecular complexity index is 292. The molecular weight excluding hydrogens is 168 g/mol. The van der Waals surface area contributed by atoms with Crippen molar-refractivity contribution in [2.75, 3.05) is 0 Å². The molecule has 0 amide bonds. The van der Waals surface area contributed by atoms with Crippen molar-refractivity contribution in [2.24, 2.45) is 0 Å². The van der Waals surface area contributed by atoms with Gasteiger partial charge >= 0.3 is 0 Å². The summed E-state index contributed by atoms with van der Waals surface area (Å²) < 4.78 is 1.71. The van der Waals surface area contributed by atoms with Gasteiger partial charge in [-0.2, -0.15) is 0 Å². The van der Waals surface area contributed by atoms with Crippen molar-refractivity contribution in [2.45, 2.75) is 44.8 Å². The molecule has 1 aliphatic carbocycles. The molecule has 1 heterocycles. The van der Waals surface area contributed by atoms with Crippen LogP contribution in [0, 0.1) is 0 Å². The highest BCUT2D eigenvalue weighted by Gasteiger charge is 2.35. The Hall–Kier alpha value is -0.970. The van der Waals surface area contributed by atoms with Crippen molar-refractivity contribution in [1.29, 1.82) is 0 Å². The molecule has 72 valence electrons. The van der Waals surface area contributed by atoms with E-state index in [1.807, 2.05) is 6.92 Å². The van der Waals surface area contributed by atoms with E-state index in [9.17, 15) is 5.11 Å². The molecule has 0 unspecified atom stereocenters. The second-order valence-electron chi connectivity index (χ2n) is 3.68. The standard InChI is InChI=1S/C8H14N4O/c1-2-7-9-10-11-12(7)6-8(13)4-3-5-8/h13H,2-6H2,1H3. The van der Waals surface area contributed by atoms with Crippen LogP contribution < -0.4 is 0 Å². The molecule has 2 rings (SSSR count). The molecular formula is C8H14N4O. The highest BCUT2D eigenvalue weighted by Crippen LogP contribution is 2.32. The summed E-state index contributed by atoms with van der Waals surface area (Å²) in [5, 5.41) is 21.2. The van der Waals surface area contributed by atoms with Crippen LogP contribution >= 0.6 is 0 Å². The first kappa shape index (κ1) is 8.62. The molecule has 1 aromatic heterocycles. The van der Waals surface area contributed by atoms with Crippen LogP contribution in [-0.4, -0.2) is 30.9 Å². The monoisotopic (exact) mass is 182 g/mol. The largest absolute Gasteiger partial charge is 0.388 e. The molecule has 5 nitrogen and oxygen atoms in total. The topological polar surface area (TPSA) is 63.8 Å². The first-order valence-electron chi connectivity index (χ1n) is 4.71. The number of tetrazole rings is 1. The van der Waals surface area contributed by atoms with Gasteiger partial charge in [-0.25, -0.2) is 4.68 Å². The quantitative estimate of drug-likeness (QED) is 0.722. The molecule has 5 heteroatoms. The number of aliphatic hydroxyl groups is 1. The maximum absolute atomic E-state index is 9.89. The predicted molar refractivity (Wildman–Crippen MR) is 46.0 cm³/mol. The van der Waals surface area contributed by atoms with Crippen molar-refractivity contribution in [3.05, 3.63) is 5.82 Å². The first-order chi connectivity index (χ1) is 6.23. The number of hydrogen-bond donors (Lipinski definition) is 1. The van der Waals surface area contributed by atoms with Crippen LogP contribution in [0.2, 0.25) is 0 Å². The zero-order valence-corrected chi connectivity index (χ0v) is 7.77. The molecule has 13 heavy (non-hydrogen) atoms. The minimum absolute atomic E-state index is 0.542. The van der Waals surface area contributed by atoms with Crippen LogP contribution in [0.1, 0.15) is 32.0 Å². The molecule has 1 aliphatic rings. The van der Waals surface area contributed by atoms with Crippen molar-refractivity contribution < 1.29 is 5.11 Å². The van der Waals surface area contributed by atoms with Crippen molar-refractivity contribution in [1.82, 2.24) is 20.2 Å². The van der Waals surface area contributed by atoms with Crippen LogP contribution in [0.4, 0.5) is 0 Å². The van der Waals surface area contributed by atoms with E-state index >= 15 is 0 Å². The molecule has 1 saturated carbocycles. The predicted octanol–water partition coefficient (Wildman–Crippen LogP) is 0.150. The normalized spacial score (nSPS) is 19.8. The van der Waals surface area contributed by atoms with Gasteiger partial charge in [0.2, 0.25) is 0 Å². The van der Waals surface area contributed by atoms with E-state index in [-0.39, 0.29) is 0 Å². The van der Waals surface area contributed by atoms with Gasteiger partial charge < -0.3 is 5.11 Å². The molecule has 0 saturated heterocycles. The van der Waals surface area contributed by atoms with Gasteiger partial charge in [0.05, 0.1) is 12.1 Å². The lowest BCUT2D eigenvalue weighted by atomic mass is 9.80. The fraction of sp³-hybridized carbons (Fsp3) is 0.875. The number of hydrogen-bond acceptors (Lipinski definition) is 4. The molecule has 0 aromatic carbocycles. The Morgan fingerprint density at radius 1 is 1.54 bits per heavy atom. The molecule has 0 spiro atoms. The van der Waals surface area contributed by atoms with E-state index in [0.29, 0.717) is 6.54 Å². The summed E-state index contributed by atoms with van der Waals surface area (Å²) >= 11 is 0. The minimum atomic E-state index is -0.542. The van der Waals surface area contributed by atoms with Gasteiger partial charge in [0.15, 0.2) is 5.82 Å². The molecule has 0 aliphatic heterocycles. The molecule has 0 bridgehead atoms. The molecule has 0 atom stereocenters. The van der Waals surface area contributed by atoms with E-state index in [2.05, 4.69) is 15.5 Å². The van der Waals surface area contributed by atoms with Crippen molar-refractivity contribution >= 4 is 0 Å². The zero-order valence-electron chi connectivity index (χ0n) is 7.77. The maximum Gasteiger partial charge on any atom is 0.151 e. The summed E-state index contributed by atoms with van der Waals surface area (Å²) in [4.78, 5) is 0. The maximum atomic E-state index is 9.89. The summed E-state index contributed by atoms with van der Waals surface area (Å²) in [7, 11) is 0. The van der Waals surface area contributed by atoms with Gasteiger partial charge in [0.1, 0.15) is 0 Å². The summed E-state index contributed by atoms with van der Waals surface area (Å²) in [5.41, 5.74) is -0.542. The lowest BCUT2D eigenvalue weighted by Gasteiger charge is -2.36. The average molecular weight is 182 g/mol. The second kappa shape index (κ2) is 3.06. The van der Waals surface area contributed by atoms with Gasteiger partial charge in [-0.15, -0.1) is 5.10 Å².